The van der Waals surface area contributed by atoms with Crippen LogP contribution in [-0.2, 0) is 6.54 Å². The van der Waals surface area contributed by atoms with Gasteiger partial charge >= 0.3 is 0 Å². The number of hydrogen-bond donors (Lipinski definition) is 2. The van der Waals surface area contributed by atoms with Crippen LogP contribution in [0.4, 0.5) is 5.95 Å². The van der Waals surface area contributed by atoms with E-state index < -0.39 is 0 Å². The summed E-state index contributed by atoms with van der Waals surface area (Å²) in [5, 5.41) is 7.92. The summed E-state index contributed by atoms with van der Waals surface area (Å²) in [7, 11) is 0. The van der Waals surface area contributed by atoms with Gasteiger partial charge < -0.3 is 10.2 Å². The highest BCUT2D eigenvalue weighted by Gasteiger charge is 2.18. The van der Waals surface area contributed by atoms with Crippen molar-refractivity contribution in [3.8, 4) is 5.69 Å². The number of likely N-dealkylation sites (tertiary alicyclic amines) is 1. The number of para-hydroxylation sites is 1. The fourth-order valence-electron chi connectivity index (χ4n) is 3.99. The molecule has 8 nitrogen and oxygen atoms in total. The van der Waals surface area contributed by atoms with Crippen molar-refractivity contribution in [3.63, 3.8) is 0 Å². The minimum atomic E-state index is -0.248. The first-order valence-corrected chi connectivity index (χ1v) is 10.8. The van der Waals surface area contributed by atoms with Crippen LogP contribution in [0.2, 0.25) is 0 Å². The zero-order chi connectivity index (χ0) is 21.9. The van der Waals surface area contributed by atoms with Crippen molar-refractivity contribution in [2.24, 2.45) is 0 Å². The average molecular weight is 428 g/mol. The highest BCUT2D eigenvalue weighted by molar-refractivity contribution is 5.94. The lowest BCUT2D eigenvalue weighted by Gasteiger charge is -2.26. The molecule has 0 spiro atoms. The summed E-state index contributed by atoms with van der Waals surface area (Å²) < 4.78 is 1.65. The van der Waals surface area contributed by atoms with Crippen LogP contribution in [0.25, 0.3) is 16.7 Å². The molecule has 4 aromatic rings. The Kier molecular flexibility index (Phi) is 5.41. The van der Waals surface area contributed by atoms with E-state index in [1.54, 1.807) is 4.68 Å². The molecule has 2 aromatic carbocycles. The van der Waals surface area contributed by atoms with Gasteiger partial charge in [-0.1, -0.05) is 30.3 Å². The van der Waals surface area contributed by atoms with Gasteiger partial charge in [0.15, 0.2) is 5.65 Å². The number of carbonyl (C=O) groups is 1. The number of piperidine rings is 1. The lowest BCUT2D eigenvalue weighted by molar-refractivity contribution is 0.0724. The Hall–Kier alpha value is -3.94. The maximum Gasteiger partial charge on any atom is 0.263 e. The number of hydrogen-bond acceptors (Lipinski definition) is 5. The summed E-state index contributed by atoms with van der Waals surface area (Å²) in [5.41, 5.74) is 2.77. The van der Waals surface area contributed by atoms with Gasteiger partial charge in [-0.05, 0) is 49.1 Å². The standard InChI is InChI=1S/C24H24N6O2/c31-22-20-16-26-30(19-7-3-1-4-8-19)21(20)27-24(28-22)25-15-17-9-11-18(12-10-17)23(32)29-13-5-2-6-14-29/h1,3-4,7-12,16H,2,5-6,13-15H2,(H2,25,27,28,31). The molecule has 0 saturated carbocycles. The first-order valence-electron chi connectivity index (χ1n) is 10.8. The summed E-state index contributed by atoms with van der Waals surface area (Å²) in [5.74, 6) is 0.462. The summed E-state index contributed by atoms with van der Waals surface area (Å²) in [6, 6.07) is 17.1. The molecule has 162 valence electrons. The predicted molar refractivity (Wildman–Crippen MR) is 123 cm³/mol. The Morgan fingerprint density at radius 1 is 1.00 bits per heavy atom. The lowest BCUT2D eigenvalue weighted by atomic mass is 10.1. The molecule has 0 radical (unpaired) electrons. The lowest BCUT2D eigenvalue weighted by Crippen LogP contribution is -2.35. The van der Waals surface area contributed by atoms with Crippen LogP contribution in [0.3, 0.4) is 0 Å². The van der Waals surface area contributed by atoms with Crippen LogP contribution < -0.4 is 10.9 Å². The number of H-pyrrole nitrogens is 1. The molecule has 5 rings (SSSR count). The smallest absolute Gasteiger partial charge is 0.263 e. The van der Waals surface area contributed by atoms with E-state index in [-0.39, 0.29) is 11.5 Å². The van der Waals surface area contributed by atoms with Crippen molar-refractivity contribution in [2.75, 3.05) is 18.4 Å². The third kappa shape index (κ3) is 3.99. The van der Waals surface area contributed by atoms with E-state index in [0.29, 0.717) is 29.1 Å². The molecule has 1 fully saturated rings. The number of benzene rings is 2. The van der Waals surface area contributed by atoms with Gasteiger partial charge in [0.05, 0.1) is 11.9 Å². The zero-order valence-corrected chi connectivity index (χ0v) is 17.6. The summed E-state index contributed by atoms with van der Waals surface area (Å²) >= 11 is 0. The Labute approximate surface area is 184 Å². The van der Waals surface area contributed by atoms with Gasteiger partial charge in [0.25, 0.3) is 11.5 Å². The van der Waals surface area contributed by atoms with Crippen molar-refractivity contribution >= 4 is 22.9 Å². The highest BCUT2D eigenvalue weighted by atomic mass is 16.2. The third-order valence-corrected chi connectivity index (χ3v) is 5.74. The topological polar surface area (TPSA) is 95.9 Å². The van der Waals surface area contributed by atoms with Gasteiger partial charge in [0.1, 0.15) is 5.39 Å². The van der Waals surface area contributed by atoms with Crippen molar-refractivity contribution in [1.29, 1.82) is 0 Å². The molecular weight excluding hydrogens is 404 g/mol. The highest BCUT2D eigenvalue weighted by Crippen LogP contribution is 2.16. The molecule has 1 aliphatic heterocycles. The second kappa shape index (κ2) is 8.66. The Bertz CT molecular complexity index is 1290. The number of rotatable bonds is 5. The second-order valence-electron chi connectivity index (χ2n) is 7.95. The number of aromatic amines is 1. The number of nitrogens with zero attached hydrogens (tertiary/aromatic N) is 4. The van der Waals surface area contributed by atoms with E-state index in [9.17, 15) is 9.59 Å². The number of carbonyl (C=O) groups excluding carboxylic acids is 1. The molecule has 2 N–H and O–H groups in total. The van der Waals surface area contributed by atoms with E-state index >= 15 is 0 Å². The van der Waals surface area contributed by atoms with Gasteiger partial charge in [-0.2, -0.15) is 10.1 Å². The van der Waals surface area contributed by atoms with E-state index in [1.165, 1.54) is 12.6 Å². The molecule has 0 unspecified atom stereocenters. The van der Waals surface area contributed by atoms with Gasteiger partial charge in [-0.25, -0.2) is 4.68 Å². The van der Waals surface area contributed by atoms with Crippen LogP contribution in [0.15, 0.2) is 65.6 Å². The van der Waals surface area contributed by atoms with Gasteiger partial charge in [0, 0.05) is 25.2 Å². The molecule has 0 bridgehead atoms. The van der Waals surface area contributed by atoms with Crippen LogP contribution >= 0.6 is 0 Å². The Morgan fingerprint density at radius 3 is 2.50 bits per heavy atom. The molecular formula is C24H24N6O2. The fraction of sp³-hybridized carbons (Fsp3) is 0.250. The van der Waals surface area contributed by atoms with E-state index in [2.05, 4.69) is 20.4 Å². The molecule has 1 amide bonds. The zero-order valence-electron chi connectivity index (χ0n) is 17.6. The fourth-order valence-corrected chi connectivity index (χ4v) is 3.99. The molecule has 1 saturated heterocycles. The quantitative estimate of drug-likeness (QED) is 0.508. The molecule has 8 heteroatoms. The molecule has 2 aromatic heterocycles. The predicted octanol–water partition coefficient (Wildman–Crippen LogP) is 3.35. The average Bonchev–Trinajstić information content (AvgIpc) is 3.28. The van der Waals surface area contributed by atoms with E-state index in [0.717, 1.165) is 37.2 Å². The van der Waals surface area contributed by atoms with E-state index in [4.69, 9.17) is 0 Å². The largest absolute Gasteiger partial charge is 0.352 e. The third-order valence-electron chi connectivity index (χ3n) is 5.74. The van der Waals surface area contributed by atoms with Crippen molar-refractivity contribution < 1.29 is 4.79 Å². The normalized spacial score (nSPS) is 13.9. The first kappa shape index (κ1) is 20.0. The first-order chi connectivity index (χ1) is 15.7. The summed E-state index contributed by atoms with van der Waals surface area (Å²) in [6.45, 7) is 2.14. The minimum Gasteiger partial charge on any atom is -0.352 e. The second-order valence-corrected chi connectivity index (χ2v) is 7.95. The monoisotopic (exact) mass is 428 g/mol. The van der Waals surface area contributed by atoms with Gasteiger partial charge in [0.2, 0.25) is 5.95 Å². The van der Waals surface area contributed by atoms with Crippen LogP contribution in [-0.4, -0.2) is 43.6 Å². The molecule has 0 atom stereocenters. The maximum atomic E-state index is 12.6. The molecule has 1 aliphatic rings. The molecule has 0 aliphatic carbocycles. The van der Waals surface area contributed by atoms with Crippen LogP contribution in [0, 0.1) is 0 Å². The number of amides is 1. The van der Waals surface area contributed by atoms with Crippen molar-refractivity contribution in [3.05, 3.63) is 82.3 Å². The van der Waals surface area contributed by atoms with Crippen molar-refractivity contribution in [1.82, 2.24) is 24.6 Å². The number of fused-ring (bicyclic) bond motifs is 1. The maximum absolute atomic E-state index is 12.6. The molecule has 3 heterocycles. The van der Waals surface area contributed by atoms with E-state index in [1.807, 2.05) is 59.5 Å². The summed E-state index contributed by atoms with van der Waals surface area (Å²) in [6.07, 6.45) is 4.87. The van der Waals surface area contributed by atoms with Crippen molar-refractivity contribution in [2.45, 2.75) is 25.8 Å². The number of nitrogens with one attached hydrogen (secondary N) is 2. The van der Waals surface area contributed by atoms with Gasteiger partial charge in [-0.15, -0.1) is 0 Å². The number of aromatic nitrogens is 4. The number of anilines is 1. The Morgan fingerprint density at radius 2 is 1.75 bits per heavy atom. The van der Waals surface area contributed by atoms with Gasteiger partial charge in [-0.3, -0.25) is 14.6 Å². The SMILES string of the molecule is O=C(c1ccc(CNc2nc3c(cnn3-c3ccccc3)c(=O)[nH]2)cc1)N1CCCCC1. The minimum absolute atomic E-state index is 0.0924. The van der Waals surface area contributed by atoms with Crippen LogP contribution in [0.5, 0.6) is 0 Å². The molecule has 32 heavy (non-hydrogen) atoms. The summed E-state index contributed by atoms with van der Waals surface area (Å²) in [4.78, 5) is 34.4. The Balaban J connectivity index is 1.32. The van der Waals surface area contributed by atoms with Crippen LogP contribution in [0.1, 0.15) is 35.2 Å².